The average Bonchev–Trinajstić information content (AvgIpc) is 2.89. The van der Waals surface area contributed by atoms with Crippen molar-refractivity contribution in [3.05, 3.63) is 29.8 Å². The van der Waals surface area contributed by atoms with Crippen molar-refractivity contribution in [3.63, 3.8) is 0 Å². The smallest absolute Gasteiger partial charge is 0.191 e. The number of halogens is 1. The fraction of sp³-hybridized carbons (Fsp3) is 0.667. The van der Waals surface area contributed by atoms with Crippen LogP contribution in [-0.4, -0.2) is 89.8 Å². The lowest BCUT2D eigenvalue weighted by molar-refractivity contribution is 0.275. The summed E-state index contributed by atoms with van der Waals surface area (Å²) in [6.07, 6.45) is 4.35. The van der Waals surface area contributed by atoms with Crippen molar-refractivity contribution in [2.24, 2.45) is 4.99 Å². The third kappa shape index (κ3) is 10.4. The topological polar surface area (TPSA) is 77.0 Å². The Kier molecular flexibility index (Phi) is 12.8. The summed E-state index contributed by atoms with van der Waals surface area (Å²) in [5.41, 5.74) is 1.10. The van der Waals surface area contributed by atoms with E-state index in [1.165, 1.54) is 25.8 Å². The Morgan fingerprint density at radius 1 is 1.10 bits per heavy atom. The number of nitrogens with one attached hydrogen (secondary N) is 2. The van der Waals surface area contributed by atoms with Gasteiger partial charge in [-0.05, 0) is 70.6 Å². The Morgan fingerprint density at radius 3 is 2.50 bits per heavy atom. The monoisotopic (exact) mass is 551 g/mol. The van der Waals surface area contributed by atoms with Gasteiger partial charge < -0.3 is 20.4 Å². The Morgan fingerprint density at radius 2 is 1.83 bits per heavy atom. The van der Waals surface area contributed by atoms with E-state index in [9.17, 15) is 8.42 Å². The highest BCUT2D eigenvalue weighted by molar-refractivity contribution is 14.0. The predicted octanol–water partition coefficient (Wildman–Crippen LogP) is 1.83. The lowest BCUT2D eigenvalue weighted by atomic mass is 10.1. The predicted molar refractivity (Wildman–Crippen MR) is 136 cm³/mol. The van der Waals surface area contributed by atoms with E-state index in [0.29, 0.717) is 4.90 Å². The SMILES string of the molecule is CCNC(=NCCCN1CCCN(C)CC1)NCCc1ccc(S(C)(=O)=O)cc1.I. The van der Waals surface area contributed by atoms with Gasteiger partial charge in [0.2, 0.25) is 0 Å². The molecular weight excluding hydrogens is 513 g/mol. The molecule has 0 aliphatic carbocycles. The van der Waals surface area contributed by atoms with Crippen LogP contribution in [0.1, 0.15) is 25.3 Å². The lowest BCUT2D eigenvalue weighted by Crippen LogP contribution is -2.38. The Hall–Kier alpha value is -0.910. The second-order valence-corrected chi connectivity index (χ2v) is 9.72. The van der Waals surface area contributed by atoms with Crippen molar-refractivity contribution < 1.29 is 8.42 Å². The number of likely N-dealkylation sites (N-methyl/N-ethyl adjacent to an activating group) is 1. The summed E-state index contributed by atoms with van der Waals surface area (Å²) in [6, 6.07) is 7.09. The van der Waals surface area contributed by atoms with Crippen LogP contribution in [0.15, 0.2) is 34.2 Å². The molecule has 0 radical (unpaired) electrons. The van der Waals surface area contributed by atoms with Crippen LogP contribution < -0.4 is 10.6 Å². The van der Waals surface area contributed by atoms with Crippen molar-refractivity contribution >= 4 is 39.8 Å². The number of aliphatic imine (C=N–C) groups is 1. The number of hydrogen-bond donors (Lipinski definition) is 2. The van der Waals surface area contributed by atoms with Crippen LogP contribution in [0.5, 0.6) is 0 Å². The van der Waals surface area contributed by atoms with Gasteiger partial charge in [0.05, 0.1) is 4.90 Å². The maximum atomic E-state index is 11.5. The molecule has 0 unspecified atom stereocenters. The molecule has 0 spiro atoms. The van der Waals surface area contributed by atoms with E-state index < -0.39 is 9.84 Å². The first-order valence-corrected chi connectivity index (χ1v) is 12.5. The molecule has 1 heterocycles. The van der Waals surface area contributed by atoms with E-state index >= 15 is 0 Å². The first kappa shape index (κ1) is 27.1. The molecule has 0 saturated carbocycles. The minimum absolute atomic E-state index is 0. The summed E-state index contributed by atoms with van der Waals surface area (Å²) >= 11 is 0. The normalized spacial score (nSPS) is 16.6. The quantitative estimate of drug-likeness (QED) is 0.211. The first-order valence-electron chi connectivity index (χ1n) is 10.6. The minimum atomic E-state index is -3.14. The molecule has 1 aliphatic rings. The van der Waals surface area contributed by atoms with Gasteiger partial charge in [-0.1, -0.05) is 12.1 Å². The van der Waals surface area contributed by atoms with E-state index in [0.717, 1.165) is 63.6 Å². The fourth-order valence-electron chi connectivity index (χ4n) is 3.38. The zero-order valence-electron chi connectivity index (χ0n) is 18.6. The van der Waals surface area contributed by atoms with Crippen molar-refractivity contribution in [1.82, 2.24) is 20.4 Å². The van der Waals surface area contributed by atoms with E-state index in [4.69, 9.17) is 4.99 Å². The fourth-order valence-corrected chi connectivity index (χ4v) is 4.01. The minimum Gasteiger partial charge on any atom is -0.357 e. The summed E-state index contributed by atoms with van der Waals surface area (Å²) in [6.45, 7) is 10.2. The van der Waals surface area contributed by atoms with Crippen LogP contribution in [0, 0.1) is 0 Å². The lowest BCUT2D eigenvalue weighted by Gasteiger charge is -2.19. The molecule has 0 atom stereocenters. The molecule has 1 aromatic carbocycles. The number of hydrogen-bond acceptors (Lipinski definition) is 5. The third-order valence-electron chi connectivity index (χ3n) is 5.12. The molecular formula is C21H38IN5O2S. The zero-order chi connectivity index (χ0) is 21.1. The second kappa shape index (κ2) is 14.2. The summed E-state index contributed by atoms with van der Waals surface area (Å²) < 4.78 is 23.1. The molecule has 1 aromatic rings. The summed E-state index contributed by atoms with van der Waals surface area (Å²) in [7, 11) is -0.941. The second-order valence-electron chi connectivity index (χ2n) is 7.71. The van der Waals surface area contributed by atoms with E-state index in [1.54, 1.807) is 12.1 Å². The molecule has 1 saturated heterocycles. The Bertz CT molecular complexity index is 740. The standard InChI is InChI=1S/C21H37N5O2S.HI/c1-4-22-21(23-12-5-15-26-16-6-14-25(2)17-18-26)24-13-11-19-7-9-20(10-8-19)29(3,27)28;/h7-10H,4-6,11-18H2,1-3H3,(H2,22,23,24);1H. The number of nitrogens with zero attached hydrogens (tertiary/aromatic N) is 3. The van der Waals surface area contributed by atoms with E-state index in [1.807, 2.05) is 12.1 Å². The van der Waals surface area contributed by atoms with Gasteiger partial charge in [-0.25, -0.2) is 8.42 Å². The van der Waals surface area contributed by atoms with Crippen LogP contribution in [0.3, 0.4) is 0 Å². The molecule has 9 heteroatoms. The van der Waals surface area contributed by atoms with Gasteiger partial charge in [0.25, 0.3) is 0 Å². The average molecular weight is 552 g/mol. The van der Waals surface area contributed by atoms with Gasteiger partial charge in [0, 0.05) is 39.0 Å². The number of rotatable bonds is 9. The highest BCUT2D eigenvalue weighted by Crippen LogP contribution is 2.10. The van der Waals surface area contributed by atoms with Gasteiger partial charge in [-0.2, -0.15) is 0 Å². The van der Waals surface area contributed by atoms with E-state index in [2.05, 4.69) is 34.4 Å². The number of benzene rings is 1. The molecule has 172 valence electrons. The molecule has 1 aliphatic heterocycles. The maximum absolute atomic E-state index is 11.5. The van der Waals surface area contributed by atoms with Crippen LogP contribution in [0.25, 0.3) is 0 Å². The molecule has 0 aromatic heterocycles. The van der Waals surface area contributed by atoms with Crippen LogP contribution in [0.4, 0.5) is 0 Å². The van der Waals surface area contributed by atoms with Crippen LogP contribution in [0.2, 0.25) is 0 Å². The van der Waals surface area contributed by atoms with Gasteiger partial charge in [-0.15, -0.1) is 24.0 Å². The molecule has 2 N–H and O–H groups in total. The van der Waals surface area contributed by atoms with Crippen molar-refractivity contribution in [2.75, 3.05) is 65.7 Å². The molecule has 0 bridgehead atoms. The van der Waals surface area contributed by atoms with Crippen molar-refractivity contribution in [3.8, 4) is 0 Å². The molecule has 2 rings (SSSR count). The van der Waals surface area contributed by atoms with Crippen LogP contribution >= 0.6 is 24.0 Å². The molecule has 0 amide bonds. The molecule has 1 fully saturated rings. The van der Waals surface area contributed by atoms with Crippen molar-refractivity contribution in [2.45, 2.75) is 31.1 Å². The van der Waals surface area contributed by atoms with Crippen molar-refractivity contribution in [1.29, 1.82) is 0 Å². The number of sulfone groups is 1. The first-order chi connectivity index (χ1) is 13.9. The molecule has 30 heavy (non-hydrogen) atoms. The van der Waals surface area contributed by atoms with Crippen LogP contribution in [-0.2, 0) is 16.3 Å². The van der Waals surface area contributed by atoms with Gasteiger partial charge in [0.15, 0.2) is 15.8 Å². The van der Waals surface area contributed by atoms with Gasteiger partial charge in [-0.3, -0.25) is 4.99 Å². The van der Waals surface area contributed by atoms with Gasteiger partial charge >= 0.3 is 0 Å². The largest absolute Gasteiger partial charge is 0.357 e. The highest BCUT2D eigenvalue weighted by atomic mass is 127. The zero-order valence-corrected chi connectivity index (χ0v) is 21.7. The van der Waals surface area contributed by atoms with Gasteiger partial charge in [0.1, 0.15) is 0 Å². The van der Waals surface area contributed by atoms with E-state index in [-0.39, 0.29) is 24.0 Å². The third-order valence-corrected chi connectivity index (χ3v) is 6.24. The maximum Gasteiger partial charge on any atom is 0.191 e. The Labute approximate surface area is 199 Å². The summed E-state index contributed by atoms with van der Waals surface area (Å²) in [5.74, 6) is 0.843. The highest BCUT2D eigenvalue weighted by Gasteiger charge is 2.11. The number of guanidine groups is 1. The molecule has 7 nitrogen and oxygen atoms in total. The summed E-state index contributed by atoms with van der Waals surface area (Å²) in [4.78, 5) is 10.00. The summed E-state index contributed by atoms with van der Waals surface area (Å²) in [5, 5.41) is 6.66. The Balaban J connectivity index is 0.00000450.